The minimum Gasteiger partial charge on any atom is -0.357 e. The minimum absolute atomic E-state index is 0. The average Bonchev–Trinajstić information content (AvgIpc) is 3.22. The second-order valence-electron chi connectivity index (χ2n) is 5.94. The van der Waals surface area contributed by atoms with Crippen LogP contribution in [-0.4, -0.2) is 51.4 Å². The summed E-state index contributed by atoms with van der Waals surface area (Å²) < 4.78 is 15.7. The first-order valence-corrected chi connectivity index (χ1v) is 8.40. The Labute approximate surface area is 169 Å². The van der Waals surface area contributed by atoms with Crippen molar-refractivity contribution in [3.8, 4) is 0 Å². The first-order chi connectivity index (χ1) is 12.2. The van der Waals surface area contributed by atoms with Gasteiger partial charge in [-0.05, 0) is 25.5 Å². The number of rotatable bonds is 5. The molecule has 0 aliphatic carbocycles. The lowest BCUT2D eigenvalue weighted by Crippen LogP contribution is -2.44. The van der Waals surface area contributed by atoms with Crippen molar-refractivity contribution in [2.45, 2.75) is 25.9 Å². The molecule has 3 heterocycles. The summed E-state index contributed by atoms with van der Waals surface area (Å²) in [5.41, 5.74) is 0. The lowest BCUT2D eigenvalue weighted by Gasteiger charge is -2.19. The average molecular weight is 474 g/mol. The van der Waals surface area contributed by atoms with E-state index in [9.17, 15) is 4.39 Å². The molecule has 0 bridgehead atoms. The maximum absolute atomic E-state index is 13.9. The number of guanidine groups is 1. The first-order valence-electron chi connectivity index (χ1n) is 8.40. The van der Waals surface area contributed by atoms with Gasteiger partial charge in [-0.1, -0.05) is 0 Å². The van der Waals surface area contributed by atoms with E-state index in [0.717, 1.165) is 31.3 Å². The number of nitrogens with one attached hydrogen (secondary N) is 2. The molecule has 2 aromatic rings. The number of pyridine rings is 1. The molecule has 2 N–H and O–H groups in total. The van der Waals surface area contributed by atoms with Gasteiger partial charge in [-0.25, -0.2) is 14.4 Å². The molecule has 1 saturated heterocycles. The van der Waals surface area contributed by atoms with Crippen LogP contribution in [0.4, 0.5) is 10.2 Å². The highest BCUT2D eigenvalue weighted by molar-refractivity contribution is 14.0. The van der Waals surface area contributed by atoms with Gasteiger partial charge in [0.15, 0.2) is 23.4 Å². The maximum atomic E-state index is 13.9. The fraction of sp³-hybridized carbons (Fsp3) is 0.500. The molecule has 1 aliphatic rings. The minimum atomic E-state index is -0.286. The molecule has 1 unspecified atom stereocenters. The second kappa shape index (κ2) is 9.64. The van der Waals surface area contributed by atoms with Crippen molar-refractivity contribution >= 4 is 35.8 Å². The van der Waals surface area contributed by atoms with Crippen LogP contribution in [0.5, 0.6) is 0 Å². The standard InChI is InChI=1S/C16H23FN8.HI/c1-3-18-16(20-9-14-23-21-11-24(14)2)22-12-6-8-25(10-12)15-13(17)5-4-7-19-15;/h4-5,7,11-12H,3,6,8-10H2,1-2H3,(H2,18,20,22);1H. The zero-order valence-corrected chi connectivity index (χ0v) is 17.2. The Morgan fingerprint density at radius 1 is 1.46 bits per heavy atom. The molecule has 0 radical (unpaired) electrons. The zero-order valence-electron chi connectivity index (χ0n) is 14.9. The Morgan fingerprint density at radius 2 is 2.31 bits per heavy atom. The van der Waals surface area contributed by atoms with E-state index in [1.807, 2.05) is 23.4 Å². The van der Waals surface area contributed by atoms with Crippen LogP contribution in [-0.2, 0) is 13.6 Å². The summed E-state index contributed by atoms with van der Waals surface area (Å²) in [6.07, 6.45) is 4.16. The summed E-state index contributed by atoms with van der Waals surface area (Å²) in [4.78, 5) is 10.7. The number of aliphatic imine (C=N–C) groups is 1. The molecule has 3 rings (SSSR count). The molecule has 1 atom stereocenters. The normalized spacial score (nSPS) is 17.1. The van der Waals surface area contributed by atoms with Gasteiger partial charge in [0.2, 0.25) is 0 Å². The van der Waals surface area contributed by atoms with Crippen LogP contribution in [0, 0.1) is 5.82 Å². The topological polar surface area (TPSA) is 83.3 Å². The second-order valence-corrected chi connectivity index (χ2v) is 5.94. The fourth-order valence-corrected chi connectivity index (χ4v) is 2.79. The Kier molecular flexibility index (Phi) is 7.54. The Bertz CT molecular complexity index is 735. The number of nitrogens with zero attached hydrogens (tertiary/aromatic N) is 6. The summed E-state index contributed by atoms with van der Waals surface area (Å²) in [5.74, 6) is 1.64. The van der Waals surface area contributed by atoms with Gasteiger partial charge in [-0.3, -0.25) is 0 Å². The van der Waals surface area contributed by atoms with Crippen LogP contribution >= 0.6 is 24.0 Å². The van der Waals surface area contributed by atoms with Gasteiger partial charge in [0.1, 0.15) is 12.9 Å². The molecule has 1 aliphatic heterocycles. The van der Waals surface area contributed by atoms with Crippen molar-refractivity contribution in [2.75, 3.05) is 24.5 Å². The van der Waals surface area contributed by atoms with Crippen molar-refractivity contribution in [3.63, 3.8) is 0 Å². The molecule has 26 heavy (non-hydrogen) atoms. The number of aromatic nitrogens is 4. The molecule has 0 amide bonds. The van der Waals surface area contributed by atoms with Crippen molar-refractivity contribution in [1.82, 2.24) is 30.4 Å². The number of aryl methyl sites for hydroxylation is 1. The molecule has 2 aromatic heterocycles. The Morgan fingerprint density at radius 3 is 3.00 bits per heavy atom. The van der Waals surface area contributed by atoms with E-state index in [1.165, 1.54) is 6.07 Å². The molecular formula is C16H24FIN8. The fourth-order valence-electron chi connectivity index (χ4n) is 2.79. The quantitative estimate of drug-likeness (QED) is 0.387. The molecule has 0 saturated carbocycles. The smallest absolute Gasteiger partial charge is 0.191 e. The van der Waals surface area contributed by atoms with Crippen LogP contribution in [0.2, 0.25) is 0 Å². The molecular weight excluding hydrogens is 450 g/mol. The maximum Gasteiger partial charge on any atom is 0.191 e. The summed E-state index contributed by atoms with van der Waals surface area (Å²) in [6, 6.07) is 3.22. The SMILES string of the molecule is CCNC(=NCc1nncn1C)NC1CCN(c2ncccc2F)C1.I. The summed E-state index contributed by atoms with van der Waals surface area (Å²) in [7, 11) is 1.89. The molecule has 0 aromatic carbocycles. The van der Waals surface area contributed by atoms with E-state index in [0.29, 0.717) is 18.9 Å². The third kappa shape index (κ3) is 5.02. The van der Waals surface area contributed by atoms with Crippen molar-refractivity contribution in [1.29, 1.82) is 0 Å². The zero-order chi connectivity index (χ0) is 17.6. The number of anilines is 1. The third-order valence-corrected chi connectivity index (χ3v) is 4.10. The van der Waals surface area contributed by atoms with Gasteiger partial charge in [-0.2, -0.15) is 0 Å². The lowest BCUT2D eigenvalue weighted by atomic mass is 10.3. The molecule has 10 heteroatoms. The molecule has 142 valence electrons. The molecule has 8 nitrogen and oxygen atoms in total. The van der Waals surface area contributed by atoms with Gasteiger partial charge in [0.25, 0.3) is 0 Å². The predicted molar refractivity (Wildman–Crippen MR) is 109 cm³/mol. The van der Waals surface area contributed by atoms with Gasteiger partial charge in [0.05, 0.1) is 0 Å². The highest BCUT2D eigenvalue weighted by Crippen LogP contribution is 2.20. The van der Waals surface area contributed by atoms with Crippen LogP contribution in [0.25, 0.3) is 0 Å². The van der Waals surface area contributed by atoms with Crippen LogP contribution in [0.15, 0.2) is 29.6 Å². The van der Waals surface area contributed by atoms with E-state index in [1.54, 1.807) is 18.6 Å². The highest BCUT2D eigenvalue weighted by atomic mass is 127. The highest BCUT2D eigenvalue weighted by Gasteiger charge is 2.25. The number of hydrogen-bond donors (Lipinski definition) is 2. The molecule has 1 fully saturated rings. The monoisotopic (exact) mass is 474 g/mol. The first kappa shape index (κ1) is 20.3. The third-order valence-electron chi connectivity index (χ3n) is 4.10. The largest absolute Gasteiger partial charge is 0.357 e. The van der Waals surface area contributed by atoms with Crippen molar-refractivity contribution < 1.29 is 4.39 Å². The van der Waals surface area contributed by atoms with Crippen molar-refractivity contribution in [3.05, 3.63) is 36.3 Å². The van der Waals surface area contributed by atoms with Crippen molar-refractivity contribution in [2.24, 2.45) is 12.0 Å². The van der Waals surface area contributed by atoms with E-state index >= 15 is 0 Å². The van der Waals surface area contributed by atoms with Gasteiger partial charge in [0, 0.05) is 38.9 Å². The van der Waals surface area contributed by atoms with E-state index < -0.39 is 0 Å². The lowest BCUT2D eigenvalue weighted by molar-refractivity contribution is 0.612. The van der Waals surface area contributed by atoms with Crippen LogP contribution in [0.3, 0.4) is 0 Å². The summed E-state index contributed by atoms with van der Waals surface area (Å²) in [6.45, 7) is 4.66. The molecule has 0 spiro atoms. The van der Waals surface area contributed by atoms with Crippen LogP contribution < -0.4 is 15.5 Å². The van der Waals surface area contributed by atoms with E-state index in [2.05, 4.69) is 30.8 Å². The summed E-state index contributed by atoms with van der Waals surface area (Å²) in [5, 5.41) is 14.5. The van der Waals surface area contributed by atoms with E-state index in [-0.39, 0.29) is 35.8 Å². The predicted octanol–water partition coefficient (Wildman–Crippen LogP) is 1.30. The summed E-state index contributed by atoms with van der Waals surface area (Å²) >= 11 is 0. The number of halogens is 2. The Balaban J connectivity index is 0.00000243. The Hall–Kier alpha value is -1.98. The van der Waals surface area contributed by atoms with Gasteiger partial charge < -0.3 is 20.1 Å². The number of hydrogen-bond acceptors (Lipinski definition) is 5. The van der Waals surface area contributed by atoms with Gasteiger partial charge in [-0.15, -0.1) is 34.2 Å². The van der Waals surface area contributed by atoms with E-state index in [4.69, 9.17) is 0 Å². The van der Waals surface area contributed by atoms with Crippen LogP contribution in [0.1, 0.15) is 19.2 Å². The van der Waals surface area contributed by atoms with Gasteiger partial charge >= 0.3 is 0 Å².